The summed E-state index contributed by atoms with van der Waals surface area (Å²) in [6, 6.07) is 4.73. The molecule has 1 aromatic rings. The first-order valence-electron chi connectivity index (χ1n) is 4.46. The van der Waals surface area contributed by atoms with Gasteiger partial charge in [-0.15, -0.1) is 0 Å². The Morgan fingerprint density at radius 1 is 1.50 bits per heavy atom. The standard InChI is InChI=1S/C10H14ClFN2/c1-13-5-6-14(2)8-3-4-10(12)9(11)7-8/h3-4,7,13H,5-6H2,1-2H3. The lowest BCUT2D eigenvalue weighted by Gasteiger charge is -2.19. The largest absolute Gasteiger partial charge is 0.373 e. The van der Waals surface area contributed by atoms with Crippen molar-refractivity contribution in [1.82, 2.24) is 5.32 Å². The minimum Gasteiger partial charge on any atom is -0.373 e. The molecule has 0 aliphatic heterocycles. The Morgan fingerprint density at radius 2 is 2.21 bits per heavy atom. The van der Waals surface area contributed by atoms with Gasteiger partial charge in [0.05, 0.1) is 5.02 Å². The number of nitrogens with zero attached hydrogens (tertiary/aromatic N) is 1. The van der Waals surface area contributed by atoms with E-state index in [1.165, 1.54) is 6.07 Å². The number of halogens is 2. The second kappa shape index (κ2) is 5.17. The summed E-state index contributed by atoms with van der Waals surface area (Å²) in [4.78, 5) is 2.02. The van der Waals surface area contributed by atoms with Gasteiger partial charge in [-0.1, -0.05) is 11.6 Å². The highest BCUT2D eigenvalue weighted by atomic mass is 35.5. The van der Waals surface area contributed by atoms with Crippen LogP contribution in [0.1, 0.15) is 0 Å². The van der Waals surface area contributed by atoms with Crippen molar-refractivity contribution in [1.29, 1.82) is 0 Å². The van der Waals surface area contributed by atoms with Gasteiger partial charge in [0.1, 0.15) is 5.82 Å². The van der Waals surface area contributed by atoms with Crippen LogP contribution < -0.4 is 10.2 Å². The molecule has 0 unspecified atom stereocenters. The molecule has 0 heterocycles. The molecule has 0 aromatic heterocycles. The van der Waals surface area contributed by atoms with Crippen molar-refractivity contribution in [2.75, 3.05) is 32.1 Å². The minimum absolute atomic E-state index is 0.166. The van der Waals surface area contributed by atoms with Gasteiger partial charge in [-0.2, -0.15) is 0 Å². The summed E-state index contributed by atoms with van der Waals surface area (Å²) < 4.78 is 12.9. The first kappa shape index (κ1) is 11.3. The SMILES string of the molecule is CNCCN(C)c1ccc(F)c(Cl)c1. The van der Waals surface area contributed by atoms with Gasteiger partial charge in [-0.3, -0.25) is 0 Å². The van der Waals surface area contributed by atoms with Crippen molar-refractivity contribution in [3.8, 4) is 0 Å². The molecule has 4 heteroatoms. The van der Waals surface area contributed by atoms with E-state index in [4.69, 9.17) is 11.6 Å². The van der Waals surface area contributed by atoms with Gasteiger partial charge in [-0.25, -0.2) is 4.39 Å². The average Bonchev–Trinajstić information content (AvgIpc) is 2.18. The summed E-state index contributed by atoms with van der Waals surface area (Å²) in [6.45, 7) is 1.74. The molecule has 0 atom stereocenters. The Morgan fingerprint density at radius 3 is 2.79 bits per heavy atom. The van der Waals surface area contributed by atoms with Gasteiger partial charge in [0.2, 0.25) is 0 Å². The average molecular weight is 217 g/mol. The fourth-order valence-corrected chi connectivity index (χ4v) is 1.31. The van der Waals surface area contributed by atoms with Crippen LogP contribution >= 0.6 is 11.6 Å². The van der Waals surface area contributed by atoms with Gasteiger partial charge in [0, 0.05) is 25.8 Å². The molecule has 1 aromatic carbocycles. The van der Waals surface area contributed by atoms with Crippen molar-refractivity contribution in [3.63, 3.8) is 0 Å². The minimum atomic E-state index is -0.377. The summed E-state index contributed by atoms with van der Waals surface area (Å²) in [5, 5.41) is 3.21. The molecule has 0 radical (unpaired) electrons. The van der Waals surface area contributed by atoms with E-state index in [9.17, 15) is 4.39 Å². The first-order valence-corrected chi connectivity index (χ1v) is 4.83. The van der Waals surface area contributed by atoms with E-state index in [0.717, 1.165) is 18.8 Å². The van der Waals surface area contributed by atoms with Gasteiger partial charge < -0.3 is 10.2 Å². The van der Waals surface area contributed by atoms with Crippen LogP contribution in [0.25, 0.3) is 0 Å². The number of hydrogen-bond donors (Lipinski definition) is 1. The second-order valence-corrected chi connectivity index (χ2v) is 3.53. The smallest absolute Gasteiger partial charge is 0.141 e. The molecule has 78 valence electrons. The topological polar surface area (TPSA) is 15.3 Å². The normalized spacial score (nSPS) is 10.3. The van der Waals surface area contributed by atoms with E-state index in [1.807, 2.05) is 19.0 Å². The molecule has 1 N–H and O–H groups in total. The molecule has 0 aliphatic rings. The van der Waals surface area contributed by atoms with E-state index < -0.39 is 0 Å². The van der Waals surface area contributed by atoms with Crippen molar-refractivity contribution in [2.24, 2.45) is 0 Å². The number of anilines is 1. The van der Waals surface area contributed by atoms with E-state index in [-0.39, 0.29) is 10.8 Å². The van der Waals surface area contributed by atoms with Crippen LogP contribution in [0.15, 0.2) is 18.2 Å². The van der Waals surface area contributed by atoms with E-state index in [0.29, 0.717) is 0 Å². The predicted octanol–water partition coefficient (Wildman–Crippen LogP) is 2.13. The predicted molar refractivity (Wildman–Crippen MR) is 58.6 cm³/mol. The molecular weight excluding hydrogens is 203 g/mol. The molecule has 2 nitrogen and oxygen atoms in total. The van der Waals surface area contributed by atoms with Gasteiger partial charge >= 0.3 is 0 Å². The lowest BCUT2D eigenvalue weighted by atomic mass is 10.3. The Bertz CT molecular complexity index is 304. The van der Waals surface area contributed by atoms with Gasteiger partial charge in [-0.05, 0) is 25.2 Å². The monoisotopic (exact) mass is 216 g/mol. The Balaban J connectivity index is 2.70. The third-order valence-electron chi connectivity index (χ3n) is 2.04. The highest BCUT2D eigenvalue weighted by molar-refractivity contribution is 6.31. The van der Waals surface area contributed by atoms with Crippen LogP contribution in [0, 0.1) is 5.82 Å². The summed E-state index contributed by atoms with van der Waals surface area (Å²) >= 11 is 5.67. The van der Waals surface area contributed by atoms with Gasteiger partial charge in [0.15, 0.2) is 0 Å². The first-order chi connectivity index (χ1) is 6.65. The maximum absolute atomic E-state index is 12.9. The summed E-state index contributed by atoms with van der Waals surface area (Å²) in [6.07, 6.45) is 0. The van der Waals surface area contributed by atoms with Crippen molar-refractivity contribution >= 4 is 17.3 Å². The third kappa shape index (κ3) is 2.86. The van der Waals surface area contributed by atoms with Crippen LogP contribution in [0.3, 0.4) is 0 Å². The lowest BCUT2D eigenvalue weighted by Crippen LogP contribution is -2.26. The molecule has 0 amide bonds. The second-order valence-electron chi connectivity index (χ2n) is 3.12. The molecule has 0 saturated heterocycles. The van der Waals surface area contributed by atoms with E-state index in [2.05, 4.69) is 5.32 Å². The third-order valence-corrected chi connectivity index (χ3v) is 2.33. The molecule has 1 rings (SSSR count). The van der Waals surface area contributed by atoms with Crippen LogP contribution in [-0.2, 0) is 0 Å². The highest BCUT2D eigenvalue weighted by Crippen LogP contribution is 2.21. The summed E-state index contributed by atoms with van der Waals surface area (Å²) in [5.74, 6) is -0.377. The molecule has 14 heavy (non-hydrogen) atoms. The molecule has 0 spiro atoms. The summed E-state index contributed by atoms with van der Waals surface area (Å²) in [5.41, 5.74) is 0.923. The summed E-state index contributed by atoms with van der Waals surface area (Å²) in [7, 11) is 3.84. The van der Waals surface area contributed by atoms with E-state index in [1.54, 1.807) is 12.1 Å². The van der Waals surface area contributed by atoms with Crippen LogP contribution in [0.4, 0.5) is 10.1 Å². The number of hydrogen-bond acceptors (Lipinski definition) is 2. The van der Waals surface area contributed by atoms with Crippen LogP contribution in [0.2, 0.25) is 5.02 Å². The Labute approximate surface area is 88.7 Å². The zero-order chi connectivity index (χ0) is 10.6. The highest BCUT2D eigenvalue weighted by Gasteiger charge is 2.04. The lowest BCUT2D eigenvalue weighted by molar-refractivity contribution is 0.628. The van der Waals surface area contributed by atoms with Crippen molar-refractivity contribution in [2.45, 2.75) is 0 Å². The number of nitrogens with one attached hydrogen (secondary N) is 1. The molecule has 0 saturated carbocycles. The van der Waals surface area contributed by atoms with Gasteiger partial charge in [0.25, 0.3) is 0 Å². The fraction of sp³-hybridized carbons (Fsp3) is 0.400. The quantitative estimate of drug-likeness (QED) is 0.830. The zero-order valence-electron chi connectivity index (χ0n) is 8.35. The van der Waals surface area contributed by atoms with Crippen LogP contribution in [0.5, 0.6) is 0 Å². The fourth-order valence-electron chi connectivity index (χ4n) is 1.13. The van der Waals surface area contributed by atoms with Crippen molar-refractivity contribution < 1.29 is 4.39 Å². The van der Waals surface area contributed by atoms with E-state index >= 15 is 0 Å². The number of likely N-dealkylation sites (N-methyl/N-ethyl adjacent to an activating group) is 2. The van der Waals surface area contributed by atoms with Crippen molar-refractivity contribution in [3.05, 3.63) is 29.0 Å². The molecule has 0 fully saturated rings. The zero-order valence-corrected chi connectivity index (χ0v) is 9.11. The molecule has 0 bridgehead atoms. The number of rotatable bonds is 4. The van der Waals surface area contributed by atoms with Crippen LogP contribution in [-0.4, -0.2) is 27.2 Å². The Kier molecular flexibility index (Phi) is 4.17. The number of benzene rings is 1. The molecular formula is C10H14ClFN2. The maximum atomic E-state index is 12.9. The maximum Gasteiger partial charge on any atom is 0.141 e. The molecule has 0 aliphatic carbocycles. The Hall–Kier alpha value is -0.800.